The Labute approximate surface area is 91.1 Å². The van der Waals surface area contributed by atoms with Crippen LogP contribution in [0.2, 0.25) is 0 Å². The average molecular weight is 210 g/mol. The van der Waals surface area contributed by atoms with Crippen molar-refractivity contribution in [3.63, 3.8) is 0 Å². The average Bonchev–Trinajstić information content (AvgIpc) is 2.79. The molecule has 0 saturated heterocycles. The molecular weight excluding hydrogens is 194 g/mol. The van der Waals surface area contributed by atoms with Crippen molar-refractivity contribution in [2.24, 2.45) is 5.73 Å². The molecular formula is C12H16ClN. The number of hydrogen-bond donors (Lipinski definition) is 1. The van der Waals surface area contributed by atoms with Crippen LogP contribution in [0.4, 0.5) is 0 Å². The quantitative estimate of drug-likeness (QED) is 0.698. The molecule has 0 heterocycles. The van der Waals surface area contributed by atoms with Gasteiger partial charge in [-0.2, -0.15) is 0 Å². The number of fused-ring (bicyclic) bond motifs is 2. The van der Waals surface area contributed by atoms with Gasteiger partial charge < -0.3 is 5.73 Å². The second-order valence-electron chi connectivity index (χ2n) is 4.48. The van der Waals surface area contributed by atoms with Crippen LogP contribution in [0.25, 0.3) is 0 Å². The van der Waals surface area contributed by atoms with Gasteiger partial charge in [-0.25, -0.2) is 0 Å². The molecule has 1 aromatic carbocycles. The van der Waals surface area contributed by atoms with Gasteiger partial charge in [0.25, 0.3) is 0 Å². The van der Waals surface area contributed by atoms with Gasteiger partial charge in [0.05, 0.1) is 0 Å². The molecule has 1 fully saturated rings. The van der Waals surface area contributed by atoms with E-state index >= 15 is 0 Å². The van der Waals surface area contributed by atoms with E-state index in [1.54, 1.807) is 11.1 Å². The molecule has 0 bridgehead atoms. The minimum atomic E-state index is 0. The van der Waals surface area contributed by atoms with Gasteiger partial charge in [0.2, 0.25) is 0 Å². The van der Waals surface area contributed by atoms with E-state index < -0.39 is 0 Å². The van der Waals surface area contributed by atoms with Gasteiger partial charge in [0.1, 0.15) is 0 Å². The van der Waals surface area contributed by atoms with Crippen molar-refractivity contribution in [3.05, 3.63) is 35.4 Å². The third kappa shape index (κ3) is 1.19. The van der Waals surface area contributed by atoms with Gasteiger partial charge in [-0.3, -0.25) is 0 Å². The van der Waals surface area contributed by atoms with Crippen LogP contribution in [0.15, 0.2) is 24.3 Å². The Bertz CT molecular complexity index is 350. The third-order valence-corrected chi connectivity index (χ3v) is 3.76. The SMILES string of the molecule is Cl.NC1CC12CCCc1ccccc12. The maximum atomic E-state index is 6.05. The molecule has 0 radical (unpaired) electrons. The maximum absolute atomic E-state index is 6.05. The number of halogens is 1. The second-order valence-corrected chi connectivity index (χ2v) is 4.48. The van der Waals surface area contributed by atoms with Gasteiger partial charge in [-0.05, 0) is 36.8 Å². The zero-order valence-electron chi connectivity index (χ0n) is 8.20. The molecule has 1 spiro atoms. The highest BCUT2D eigenvalue weighted by atomic mass is 35.5. The molecule has 3 rings (SSSR count). The summed E-state index contributed by atoms with van der Waals surface area (Å²) in [5, 5.41) is 0. The van der Waals surface area contributed by atoms with Crippen molar-refractivity contribution in [2.75, 3.05) is 0 Å². The van der Waals surface area contributed by atoms with Crippen molar-refractivity contribution in [3.8, 4) is 0 Å². The van der Waals surface area contributed by atoms with Gasteiger partial charge in [0, 0.05) is 11.5 Å². The molecule has 1 saturated carbocycles. The third-order valence-electron chi connectivity index (χ3n) is 3.76. The topological polar surface area (TPSA) is 26.0 Å². The van der Waals surface area contributed by atoms with Crippen molar-refractivity contribution < 1.29 is 0 Å². The lowest BCUT2D eigenvalue weighted by molar-refractivity contribution is 0.526. The summed E-state index contributed by atoms with van der Waals surface area (Å²) in [6.07, 6.45) is 5.10. The van der Waals surface area contributed by atoms with Gasteiger partial charge in [-0.15, -0.1) is 12.4 Å². The summed E-state index contributed by atoms with van der Waals surface area (Å²) in [6, 6.07) is 9.28. The molecule has 0 aliphatic heterocycles. The monoisotopic (exact) mass is 209 g/mol. The molecule has 1 nitrogen and oxygen atoms in total. The second kappa shape index (κ2) is 3.25. The van der Waals surface area contributed by atoms with Crippen LogP contribution in [0.1, 0.15) is 30.4 Å². The molecule has 14 heavy (non-hydrogen) atoms. The maximum Gasteiger partial charge on any atom is 0.0146 e. The van der Waals surface area contributed by atoms with E-state index in [1.807, 2.05) is 0 Å². The zero-order chi connectivity index (χ0) is 8.89. The Morgan fingerprint density at radius 1 is 1.29 bits per heavy atom. The fourth-order valence-corrected chi connectivity index (χ4v) is 2.88. The molecule has 2 heteroatoms. The fourth-order valence-electron chi connectivity index (χ4n) is 2.88. The number of rotatable bonds is 0. The molecule has 2 aliphatic carbocycles. The first-order valence-corrected chi connectivity index (χ1v) is 5.17. The van der Waals surface area contributed by atoms with E-state index in [1.165, 1.54) is 25.7 Å². The van der Waals surface area contributed by atoms with Crippen molar-refractivity contribution >= 4 is 12.4 Å². The van der Waals surface area contributed by atoms with Crippen molar-refractivity contribution in [2.45, 2.75) is 37.1 Å². The minimum absolute atomic E-state index is 0. The number of aryl methyl sites for hydroxylation is 1. The van der Waals surface area contributed by atoms with Crippen LogP contribution in [-0.4, -0.2) is 6.04 Å². The molecule has 2 atom stereocenters. The van der Waals surface area contributed by atoms with Crippen molar-refractivity contribution in [1.82, 2.24) is 0 Å². The van der Waals surface area contributed by atoms with Crippen LogP contribution in [0.5, 0.6) is 0 Å². The molecule has 1 aromatic rings. The zero-order valence-corrected chi connectivity index (χ0v) is 9.02. The van der Waals surface area contributed by atoms with Gasteiger partial charge >= 0.3 is 0 Å². The first-order chi connectivity index (χ1) is 6.33. The first-order valence-electron chi connectivity index (χ1n) is 5.17. The number of nitrogens with two attached hydrogens (primary N) is 1. The van der Waals surface area contributed by atoms with Crippen LogP contribution in [-0.2, 0) is 11.8 Å². The highest BCUT2D eigenvalue weighted by Gasteiger charge is 2.54. The lowest BCUT2D eigenvalue weighted by Gasteiger charge is -2.25. The molecule has 2 unspecified atom stereocenters. The van der Waals surface area contributed by atoms with E-state index in [0.29, 0.717) is 11.5 Å². The van der Waals surface area contributed by atoms with E-state index in [9.17, 15) is 0 Å². The Kier molecular flexibility index (Phi) is 2.32. The summed E-state index contributed by atoms with van der Waals surface area (Å²) in [6.45, 7) is 0. The normalized spacial score (nSPS) is 33.4. The summed E-state index contributed by atoms with van der Waals surface area (Å²) >= 11 is 0. The van der Waals surface area contributed by atoms with Gasteiger partial charge in [-0.1, -0.05) is 24.3 Å². The van der Waals surface area contributed by atoms with E-state index in [-0.39, 0.29) is 12.4 Å². The largest absolute Gasteiger partial charge is 0.327 e. The van der Waals surface area contributed by atoms with Crippen LogP contribution in [0.3, 0.4) is 0 Å². The molecule has 2 N–H and O–H groups in total. The molecule has 76 valence electrons. The van der Waals surface area contributed by atoms with Crippen molar-refractivity contribution in [1.29, 1.82) is 0 Å². The summed E-state index contributed by atoms with van der Waals surface area (Å²) in [5.74, 6) is 0. The highest BCUT2D eigenvalue weighted by molar-refractivity contribution is 5.85. The summed E-state index contributed by atoms with van der Waals surface area (Å²) < 4.78 is 0. The van der Waals surface area contributed by atoms with Crippen LogP contribution < -0.4 is 5.73 Å². The number of benzene rings is 1. The summed E-state index contributed by atoms with van der Waals surface area (Å²) in [7, 11) is 0. The minimum Gasteiger partial charge on any atom is -0.327 e. The standard InChI is InChI=1S/C12H15N.ClH/c13-11-8-12(11)7-3-5-9-4-1-2-6-10(9)12;/h1-2,4,6,11H,3,5,7-8,13H2;1H. The smallest absolute Gasteiger partial charge is 0.0146 e. The Balaban J connectivity index is 0.000000750. The molecule has 2 aliphatic rings. The number of hydrogen-bond acceptors (Lipinski definition) is 1. The van der Waals surface area contributed by atoms with E-state index in [2.05, 4.69) is 24.3 Å². The molecule has 0 amide bonds. The fraction of sp³-hybridized carbons (Fsp3) is 0.500. The Morgan fingerprint density at radius 2 is 2.00 bits per heavy atom. The first kappa shape index (κ1) is 10.0. The van der Waals surface area contributed by atoms with Gasteiger partial charge in [0.15, 0.2) is 0 Å². The summed E-state index contributed by atoms with van der Waals surface area (Å²) in [4.78, 5) is 0. The predicted octanol–water partition coefficient (Wildman–Crippen LogP) is 2.41. The lowest BCUT2D eigenvalue weighted by Crippen LogP contribution is -2.23. The van der Waals surface area contributed by atoms with E-state index in [0.717, 1.165) is 0 Å². The van der Waals surface area contributed by atoms with E-state index in [4.69, 9.17) is 5.73 Å². The lowest BCUT2D eigenvalue weighted by atomic mass is 9.80. The highest BCUT2D eigenvalue weighted by Crippen LogP contribution is 2.54. The summed E-state index contributed by atoms with van der Waals surface area (Å²) in [5.41, 5.74) is 9.54. The predicted molar refractivity (Wildman–Crippen MR) is 60.9 cm³/mol. The Morgan fingerprint density at radius 3 is 2.71 bits per heavy atom. The Hall–Kier alpha value is -0.530. The van der Waals surface area contributed by atoms with Crippen LogP contribution in [0, 0.1) is 0 Å². The van der Waals surface area contributed by atoms with Crippen LogP contribution >= 0.6 is 12.4 Å². The molecule has 0 aromatic heterocycles.